The molecule has 0 spiro atoms. The zero-order valence-electron chi connectivity index (χ0n) is 13.3. The molecule has 5 nitrogen and oxygen atoms in total. The Kier molecular flexibility index (Phi) is 5.95. The zero-order valence-corrected chi connectivity index (χ0v) is 13.3. The maximum absolute atomic E-state index is 12.3. The molecule has 2 rings (SSSR count). The number of carbonyl (C=O) groups excluding carboxylic acids is 1. The number of urea groups is 1. The van der Waals surface area contributed by atoms with E-state index in [4.69, 9.17) is 4.74 Å². The molecule has 128 valence electrons. The summed E-state index contributed by atoms with van der Waals surface area (Å²) in [5, 5.41) is 5.41. The molecule has 7 heteroatoms. The summed E-state index contributed by atoms with van der Waals surface area (Å²) in [5.41, 5.74) is 1.22. The van der Waals surface area contributed by atoms with Crippen molar-refractivity contribution in [1.82, 2.24) is 5.32 Å². The van der Waals surface area contributed by atoms with Crippen LogP contribution in [0.3, 0.4) is 0 Å². The van der Waals surface area contributed by atoms with Crippen LogP contribution in [0, 0.1) is 0 Å². The number of carbonyl (C=O) groups is 1. The average molecular weight is 336 g/mol. The van der Waals surface area contributed by atoms with Crippen LogP contribution in [0.5, 0.6) is 11.5 Å². The van der Waals surface area contributed by atoms with Crippen LogP contribution in [0.2, 0.25) is 0 Å². The molecule has 0 saturated heterocycles. The molecule has 2 aromatic carbocycles. The number of nitrogens with one attached hydrogen (secondary N) is 2. The fourth-order valence-electron chi connectivity index (χ4n) is 2.11. The van der Waals surface area contributed by atoms with Gasteiger partial charge in [-0.1, -0.05) is 18.2 Å². The van der Waals surface area contributed by atoms with Gasteiger partial charge in [-0.15, -0.1) is 0 Å². The number of hydrogen-bond acceptors (Lipinski definition) is 3. The molecular formula is C17H18F2N2O3. The van der Waals surface area contributed by atoms with Gasteiger partial charge in [0.05, 0.1) is 13.2 Å². The van der Waals surface area contributed by atoms with Gasteiger partial charge in [0.25, 0.3) is 0 Å². The van der Waals surface area contributed by atoms with Crippen LogP contribution >= 0.6 is 0 Å². The van der Waals surface area contributed by atoms with Gasteiger partial charge in [0.1, 0.15) is 11.5 Å². The van der Waals surface area contributed by atoms with E-state index in [0.29, 0.717) is 17.0 Å². The topological polar surface area (TPSA) is 59.6 Å². The highest BCUT2D eigenvalue weighted by molar-refractivity contribution is 5.89. The molecule has 0 unspecified atom stereocenters. The molecule has 2 aromatic rings. The van der Waals surface area contributed by atoms with Gasteiger partial charge in [-0.2, -0.15) is 8.78 Å². The summed E-state index contributed by atoms with van der Waals surface area (Å²) in [6, 6.07) is 12.3. The third kappa shape index (κ3) is 5.12. The SMILES string of the molecule is COc1cccc(NC(=O)N[C@H](C)c2cccc(OC(F)F)c2)c1. The predicted octanol–water partition coefficient (Wildman–Crippen LogP) is 4.18. The van der Waals surface area contributed by atoms with E-state index in [9.17, 15) is 13.6 Å². The number of rotatable bonds is 6. The number of anilines is 1. The van der Waals surface area contributed by atoms with Crippen molar-refractivity contribution in [3.63, 3.8) is 0 Å². The second-order valence-electron chi connectivity index (χ2n) is 5.00. The first kappa shape index (κ1) is 17.5. The summed E-state index contributed by atoms with van der Waals surface area (Å²) in [5.74, 6) is 0.669. The highest BCUT2D eigenvalue weighted by Crippen LogP contribution is 2.21. The Morgan fingerprint density at radius 3 is 2.50 bits per heavy atom. The summed E-state index contributed by atoms with van der Waals surface area (Å²) in [7, 11) is 1.54. The van der Waals surface area contributed by atoms with Crippen LogP contribution < -0.4 is 20.1 Å². The van der Waals surface area contributed by atoms with Crippen molar-refractivity contribution in [3.05, 3.63) is 54.1 Å². The van der Waals surface area contributed by atoms with Crippen molar-refractivity contribution in [2.75, 3.05) is 12.4 Å². The van der Waals surface area contributed by atoms with Gasteiger partial charge in [-0.25, -0.2) is 4.79 Å². The third-order valence-electron chi connectivity index (χ3n) is 3.26. The lowest BCUT2D eigenvalue weighted by Crippen LogP contribution is -2.31. The minimum atomic E-state index is -2.89. The van der Waals surface area contributed by atoms with Crippen molar-refractivity contribution in [1.29, 1.82) is 0 Å². The summed E-state index contributed by atoms with van der Waals surface area (Å²) in [4.78, 5) is 12.0. The Hall–Kier alpha value is -2.83. The molecule has 0 saturated carbocycles. The fourth-order valence-corrected chi connectivity index (χ4v) is 2.11. The Morgan fingerprint density at radius 1 is 1.08 bits per heavy atom. The van der Waals surface area contributed by atoms with Crippen molar-refractivity contribution >= 4 is 11.7 Å². The lowest BCUT2D eigenvalue weighted by atomic mass is 10.1. The molecule has 1 atom stereocenters. The van der Waals surface area contributed by atoms with Gasteiger partial charge in [-0.3, -0.25) is 0 Å². The van der Waals surface area contributed by atoms with Crippen LogP contribution in [0.15, 0.2) is 48.5 Å². The van der Waals surface area contributed by atoms with Crippen LogP contribution in [0.4, 0.5) is 19.3 Å². The van der Waals surface area contributed by atoms with E-state index in [-0.39, 0.29) is 5.75 Å². The normalized spacial score (nSPS) is 11.7. The van der Waals surface area contributed by atoms with Crippen molar-refractivity contribution in [2.24, 2.45) is 0 Å². The van der Waals surface area contributed by atoms with Gasteiger partial charge in [0, 0.05) is 11.8 Å². The lowest BCUT2D eigenvalue weighted by Gasteiger charge is -2.16. The highest BCUT2D eigenvalue weighted by atomic mass is 19.3. The van der Waals surface area contributed by atoms with E-state index in [1.54, 1.807) is 43.3 Å². The Balaban J connectivity index is 1.98. The molecule has 0 radical (unpaired) electrons. The highest BCUT2D eigenvalue weighted by Gasteiger charge is 2.12. The van der Waals surface area contributed by atoms with E-state index in [1.165, 1.54) is 19.2 Å². The first-order valence-corrected chi connectivity index (χ1v) is 7.24. The van der Waals surface area contributed by atoms with Gasteiger partial charge in [-0.05, 0) is 36.8 Å². The number of alkyl halides is 2. The Labute approximate surface area is 138 Å². The van der Waals surface area contributed by atoms with Gasteiger partial charge >= 0.3 is 12.6 Å². The van der Waals surface area contributed by atoms with Crippen molar-refractivity contribution < 1.29 is 23.0 Å². The van der Waals surface area contributed by atoms with Crippen LogP contribution in [-0.4, -0.2) is 19.8 Å². The molecule has 24 heavy (non-hydrogen) atoms. The molecule has 0 heterocycles. The average Bonchev–Trinajstić information content (AvgIpc) is 2.54. The first-order valence-electron chi connectivity index (χ1n) is 7.24. The fraction of sp³-hybridized carbons (Fsp3) is 0.235. The molecular weight excluding hydrogens is 318 g/mol. The number of halogens is 2. The van der Waals surface area contributed by atoms with E-state index < -0.39 is 18.7 Å². The molecule has 0 aliphatic carbocycles. The van der Waals surface area contributed by atoms with Crippen LogP contribution in [0.25, 0.3) is 0 Å². The monoisotopic (exact) mass is 336 g/mol. The number of ether oxygens (including phenoxy) is 2. The van der Waals surface area contributed by atoms with Crippen LogP contribution in [-0.2, 0) is 0 Å². The minimum Gasteiger partial charge on any atom is -0.497 e. The number of hydrogen-bond donors (Lipinski definition) is 2. The minimum absolute atomic E-state index is 0.0457. The van der Waals surface area contributed by atoms with Crippen molar-refractivity contribution in [3.8, 4) is 11.5 Å². The first-order chi connectivity index (χ1) is 11.5. The summed E-state index contributed by atoms with van der Waals surface area (Å²) < 4.78 is 34.0. The van der Waals surface area contributed by atoms with Crippen molar-refractivity contribution in [2.45, 2.75) is 19.6 Å². The summed E-state index contributed by atoms with van der Waals surface area (Å²) in [6.07, 6.45) is 0. The predicted molar refractivity (Wildman–Crippen MR) is 86.6 cm³/mol. The number of methoxy groups -OCH3 is 1. The molecule has 2 N–H and O–H groups in total. The van der Waals surface area contributed by atoms with Gasteiger partial charge in [0.2, 0.25) is 0 Å². The second-order valence-corrected chi connectivity index (χ2v) is 5.00. The van der Waals surface area contributed by atoms with E-state index in [0.717, 1.165) is 0 Å². The Bertz CT molecular complexity index is 695. The molecule has 0 aliphatic heterocycles. The standard InChI is InChI=1S/C17H18F2N2O3/c1-11(12-5-3-8-15(9-12)24-16(18)19)20-17(22)21-13-6-4-7-14(10-13)23-2/h3-11,16H,1-2H3,(H2,20,21,22)/t11-/m1/s1. The number of benzene rings is 2. The van der Waals surface area contributed by atoms with E-state index >= 15 is 0 Å². The van der Waals surface area contributed by atoms with Gasteiger partial charge < -0.3 is 20.1 Å². The molecule has 0 aliphatic rings. The molecule has 0 bridgehead atoms. The van der Waals surface area contributed by atoms with Crippen LogP contribution in [0.1, 0.15) is 18.5 Å². The smallest absolute Gasteiger partial charge is 0.387 e. The number of amides is 2. The maximum Gasteiger partial charge on any atom is 0.387 e. The summed E-state index contributed by atoms with van der Waals surface area (Å²) in [6.45, 7) is -1.15. The maximum atomic E-state index is 12.3. The van der Waals surface area contributed by atoms with E-state index in [2.05, 4.69) is 15.4 Å². The molecule has 0 fully saturated rings. The quantitative estimate of drug-likeness (QED) is 0.832. The lowest BCUT2D eigenvalue weighted by molar-refractivity contribution is -0.0499. The van der Waals surface area contributed by atoms with E-state index in [1.807, 2.05) is 0 Å². The summed E-state index contributed by atoms with van der Waals surface area (Å²) >= 11 is 0. The van der Waals surface area contributed by atoms with Gasteiger partial charge in [0.15, 0.2) is 0 Å². The third-order valence-corrected chi connectivity index (χ3v) is 3.26. The largest absolute Gasteiger partial charge is 0.497 e. The molecule has 2 amide bonds. The Morgan fingerprint density at radius 2 is 1.79 bits per heavy atom. The molecule has 0 aromatic heterocycles. The zero-order chi connectivity index (χ0) is 17.5. The second kappa shape index (κ2) is 8.14.